The second-order valence-corrected chi connectivity index (χ2v) is 6.36. The van der Waals surface area contributed by atoms with Crippen LogP contribution in [0, 0.1) is 5.92 Å². The molecule has 1 atom stereocenters. The maximum absolute atomic E-state index is 11.1. The minimum atomic E-state index is -0.458. The molecule has 1 amide bonds. The lowest BCUT2D eigenvalue weighted by Gasteiger charge is -2.35. The van der Waals surface area contributed by atoms with Gasteiger partial charge in [-0.25, -0.2) is 0 Å². The number of carbonyl (C=O) groups is 1. The molecule has 1 aromatic heterocycles. The molecule has 3 heterocycles. The number of H-pyrrole nitrogens is 1. The van der Waals surface area contributed by atoms with Gasteiger partial charge in [-0.2, -0.15) is 5.10 Å². The smallest absolute Gasteiger partial charge is 0.269 e. The molecule has 0 radical (unpaired) electrons. The first-order valence-corrected chi connectivity index (χ1v) is 8.00. The molecule has 0 spiro atoms. The van der Waals surface area contributed by atoms with E-state index in [0.717, 1.165) is 37.7 Å². The molecule has 0 aromatic carbocycles. The molecule has 4 N–H and O–H groups in total. The van der Waals surface area contributed by atoms with E-state index in [1.54, 1.807) is 0 Å². The number of nitrogens with zero attached hydrogens (tertiary/aromatic N) is 2. The monoisotopic (exact) mass is 291 g/mol. The third-order valence-corrected chi connectivity index (χ3v) is 4.77. The van der Waals surface area contributed by atoms with E-state index in [-0.39, 0.29) is 0 Å². The molecule has 1 aromatic rings. The van der Waals surface area contributed by atoms with Gasteiger partial charge in [0.15, 0.2) is 0 Å². The number of nitrogens with two attached hydrogens (primary N) is 1. The van der Waals surface area contributed by atoms with E-state index in [9.17, 15) is 4.79 Å². The summed E-state index contributed by atoms with van der Waals surface area (Å²) in [4.78, 5) is 13.7. The SMILES string of the molecule is NC(=O)c1cc(C2CCCN(CC3CCNCC3)C2)[nH]n1. The first-order chi connectivity index (χ1) is 10.2. The van der Waals surface area contributed by atoms with Crippen molar-refractivity contribution in [2.75, 3.05) is 32.7 Å². The largest absolute Gasteiger partial charge is 0.364 e. The summed E-state index contributed by atoms with van der Waals surface area (Å²) in [7, 11) is 0. The molecule has 2 aliphatic rings. The van der Waals surface area contributed by atoms with Crippen LogP contribution in [-0.2, 0) is 0 Å². The normalized spacial score (nSPS) is 25.0. The van der Waals surface area contributed by atoms with Crippen LogP contribution in [0.3, 0.4) is 0 Å². The number of aromatic amines is 1. The fourth-order valence-electron chi connectivity index (χ4n) is 3.58. The Kier molecular flexibility index (Phi) is 4.55. The number of hydrogen-bond acceptors (Lipinski definition) is 4. The molecule has 1 unspecified atom stereocenters. The number of rotatable bonds is 4. The summed E-state index contributed by atoms with van der Waals surface area (Å²) in [6.45, 7) is 5.77. The molecule has 6 heteroatoms. The van der Waals surface area contributed by atoms with Crippen molar-refractivity contribution in [2.24, 2.45) is 11.7 Å². The van der Waals surface area contributed by atoms with Gasteiger partial charge >= 0.3 is 0 Å². The number of amides is 1. The van der Waals surface area contributed by atoms with Gasteiger partial charge in [-0.15, -0.1) is 0 Å². The van der Waals surface area contributed by atoms with Crippen molar-refractivity contribution in [1.82, 2.24) is 20.4 Å². The van der Waals surface area contributed by atoms with Crippen LogP contribution in [0.1, 0.15) is 47.8 Å². The Morgan fingerprint density at radius 1 is 1.38 bits per heavy atom. The van der Waals surface area contributed by atoms with Gasteiger partial charge in [0, 0.05) is 24.7 Å². The Morgan fingerprint density at radius 2 is 2.19 bits per heavy atom. The molecule has 116 valence electrons. The minimum Gasteiger partial charge on any atom is -0.364 e. The minimum absolute atomic E-state index is 0.348. The summed E-state index contributed by atoms with van der Waals surface area (Å²) >= 11 is 0. The number of primary amides is 1. The Hall–Kier alpha value is -1.40. The highest BCUT2D eigenvalue weighted by atomic mass is 16.1. The highest BCUT2D eigenvalue weighted by Crippen LogP contribution is 2.27. The zero-order chi connectivity index (χ0) is 14.7. The molecule has 0 bridgehead atoms. The lowest BCUT2D eigenvalue weighted by molar-refractivity contribution is 0.0995. The summed E-state index contributed by atoms with van der Waals surface area (Å²) < 4.78 is 0. The van der Waals surface area contributed by atoms with Crippen molar-refractivity contribution in [3.8, 4) is 0 Å². The van der Waals surface area contributed by atoms with Crippen molar-refractivity contribution in [2.45, 2.75) is 31.6 Å². The van der Waals surface area contributed by atoms with Gasteiger partial charge in [0.1, 0.15) is 5.69 Å². The Balaban J connectivity index is 1.58. The fraction of sp³-hybridized carbons (Fsp3) is 0.733. The number of likely N-dealkylation sites (tertiary alicyclic amines) is 1. The van der Waals surface area contributed by atoms with Crippen molar-refractivity contribution in [3.63, 3.8) is 0 Å². The van der Waals surface area contributed by atoms with Crippen LogP contribution in [0.5, 0.6) is 0 Å². The summed E-state index contributed by atoms with van der Waals surface area (Å²) in [6, 6.07) is 1.82. The highest BCUT2D eigenvalue weighted by molar-refractivity contribution is 5.90. The quantitative estimate of drug-likeness (QED) is 0.761. The van der Waals surface area contributed by atoms with E-state index in [1.807, 2.05) is 6.07 Å². The van der Waals surface area contributed by atoms with Crippen molar-refractivity contribution < 1.29 is 4.79 Å². The Bertz CT molecular complexity index is 480. The van der Waals surface area contributed by atoms with Crippen molar-refractivity contribution in [3.05, 3.63) is 17.5 Å². The molecule has 0 saturated carbocycles. The maximum Gasteiger partial charge on any atom is 0.269 e. The molecule has 2 fully saturated rings. The van der Waals surface area contributed by atoms with E-state index >= 15 is 0 Å². The number of piperidine rings is 2. The summed E-state index contributed by atoms with van der Waals surface area (Å²) in [5.74, 6) is 0.814. The lowest BCUT2D eigenvalue weighted by atomic mass is 9.92. The molecule has 0 aliphatic carbocycles. The van der Waals surface area contributed by atoms with Gasteiger partial charge in [-0.1, -0.05) is 0 Å². The van der Waals surface area contributed by atoms with Gasteiger partial charge in [0.05, 0.1) is 0 Å². The lowest BCUT2D eigenvalue weighted by Crippen LogP contribution is -2.40. The van der Waals surface area contributed by atoms with E-state index in [4.69, 9.17) is 5.73 Å². The van der Waals surface area contributed by atoms with Gasteiger partial charge in [0.2, 0.25) is 0 Å². The van der Waals surface area contributed by atoms with Crippen LogP contribution in [0.2, 0.25) is 0 Å². The summed E-state index contributed by atoms with van der Waals surface area (Å²) in [5, 5.41) is 10.4. The van der Waals surface area contributed by atoms with Gasteiger partial charge in [-0.3, -0.25) is 9.89 Å². The average Bonchev–Trinajstić information content (AvgIpc) is 2.99. The second kappa shape index (κ2) is 6.58. The first-order valence-electron chi connectivity index (χ1n) is 8.00. The third-order valence-electron chi connectivity index (χ3n) is 4.77. The van der Waals surface area contributed by atoms with Crippen LogP contribution in [0.25, 0.3) is 0 Å². The molecule has 6 nitrogen and oxygen atoms in total. The Morgan fingerprint density at radius 3 is 2.90 bits per heavy atom. The second-order valence-electron chi connectivity index (χ2n) is 6.36. The van der Waals surface area contributed by atoms with Crippen LogP contribution < -0.4 is 11.1 Å². The predicted octanol–water partition coefficient (Wildman–Crippen LogP) is 0.688. The summed E-state index contributed by atoms with van der Waals surface area (Å²) in [6.07, 6.45) is 4.94. The first kappa shape index (κ1) is 14.5. The third kappa shape index (κ3) is 3.63. The van der Waals surface area contributed by atoms with Crippen LogP contribution in [-0.4, -0.2) is 53.7 Å². The van der Waals surface area contributed by atoms with Crippen molar-refractivity contribution >= 4 is 5.91 Å². The van der Waals surface area contributed by atoms with Crippen molar-refractivity contribution in [1.29, 1.82) is 0 Å². The molecule has 21 heavy (non-hydrogen) atoms. The van der Waals surface area contributed by atoms with Gasteiger partial charge < -0.3 is 16.0 Å². The number of aromatic nitrogens is 2. The Labute approximate surface area is 125 Å². The van der Waals surface area contributed by atoms with E-state index in [0.29, 0.717) is 11.6 Å². The number of carbonyl (C=O) groups excluding carboxylic acids is 1. The zero-order valence-corrected chi connectivity index (χ0v) is 12.5. The average molecular weight is 291 g/mol. The van der Waals surface area contributed by atoms with E-state index < -0.39 is 5.91 Å². The van der Waals surface area contributed by atoms with E-state index in [2.05, 4.69) is 20.4 Å². The molecule has 2 saturated heterocycles. The zero-order valence-electron chi connectivity index (χ0n) is 12.5. The molecule has 2 aliphatic heterocycles. The van der Waals surface area contributed by atoms with E-state index in [1.165, 1.54) is 32.4 Å². The van der Waals surface area contributed by atoms with Crippen LogP contribution >= 0.6 is 0 Å². The number of nitrogens with one attached hydrogen (secondary N) is 2. The predicted molar refractivity (Wildman–Crippen MR) is 81.1 cm³/mol. The summed E-state index contributed by atoms with van der Waals surface area (Å²) in [5.41, 5.74) is 6.67. The fourth-order valence-corrected chi connectivity index (χ4v) is 3.58. The number of hydrogen-bond donors (Lipinski definition) is 3. The topological polar surface area (TPSA) is 87.0 Å². The van der Waals surface area contributed by atoms with Crippen LogP contribution in [0.15, 0.2) is 6.07 Å². The highest BCUT2D eigenvalue weighted by Gasteiger charge is 2.25. The van der Waals surface area contributed by atoms with Gasteiger partial charge in [-0.05, 0) is 57.3 Å². The molecular formula is C15H25N5O. The maximum atomic E-state index is 11.1. The van der Waals surface area contributed by atoms with Gasteiger partial charge in [0.25, 0.3) is 5.91 Å². The van der Waals surface area contributed by atoms with Crippen LogP contribution in [0.4, 0.5) is 0 Å². The molecular weight excluding hydrogens is 266 g/mol. The standard InChI is InChI=1S/C15H25N5O/c16-15(21)14-8-13(18-19-14)12-2-1-7-20(10-12)9-11-3-5-17-6-4-11/h8,11-12,17H,1-7,9-10H2,(H2,16,21)(H,18,19). The molecule has 3 rings (SSSR count).